The number of hydrogen-bond donors (Lipinski definition) is 1. The summed E-state index contributed by atoms with van der Waals surface area (Å²) in [6.45, 7) is 2.62. The molecule has 7 heteroatoms. The summed E-state index contributed by atoms with van der Waals surface area (Å²) in [7, 11) is 0. The number of amides is 1. The lowest BCUT2D eigenvalue weighted by molar-refractivity contribution is -0.117. The number of ether oxygens (including phenoxy) is 2. The Hall–Kier alpha value is -2.57. The summed E-state index contributed by atoms with van der Waals surface area (Å²) in [6.07, 6.45) is 1.96. The van der Waals surface area contributed by atoms with Gasteiger partial charge in [0.15, 0.2) is 17.3 Å². The van der Waals surface area contributed by atoms with Crippen molar-refractivity contribution in [1.29, 1.82) is 0 Å². The van der Waals surface area contributed by atoms with Crippen LogP contribution in [0.15, 0.2) is 36.4 Å². The van der Waals surface area contributed by atoms with E-state index in [1.165, 1.54) is 6.92 Å². The van der Waals surface area contributed by atoms with Crippen LogP contribution in [-0.4, -0.2) is 36.5 Å². The Bertz CT molecular complexity index is 931. The lowest BCUT2D eigenvalue weighted by Crippen LogP contribution is -2.33. The fraction of sp³-hybridized carbons (Fsp3) is 0.333. The molecule has 0 aliphatic carbocycles. The zero-order valence-electron chi connectivity index (χ0n) is 15.5. The quantitative estimate of drug-likeness (QED) is 0.767. The second kappa shape index (κ2) is 7.81. The minimum atomic E-state index is -0.180. The average molecular weight is 401 g/mol. The third kappa shape index (κ3) is 3.70. The molecular weight excluding hydrogens is 380 g/mol. The molecule has 2 aliphatic heterocycles. The van der Waals surface area contributed by atoms with E-state index in [0.29, 0.717) is 22.7 Å². The number of carbonyl (C=O) groups excluding carboxylic acids is 2. The second-order valence-corrected chi connectivity index (χ2v) is 7.41. The summed E-state index contributed by atoms with van der Waals surface area (Å²) in [5.74, 6) is 0.709. The number of hydrogen-bond acceptors (Lipinski definition) is 5. The van der Waals surface area contributed by atoms with Gasteiger partial charge in [-0.3, -0.25) is 14.5 Å². The van der Waals surface area contributed by atoms with Gasteiger partial charge in [0, 0.05) is 22.7 Å². The van der Waals surface area contributed by atoms with Crippen molar-refractivity contribution in [2.75, 3.05) is 25.2 Å². The van der Waals surface area contributed by atoms with Crippen LogP contribution in [0.2, 0.25) is 5.02 Å². The van der Waals surface area contributed by atoms with Gasteiger partial charge in [-0.25, -0.2) is 0 Å². The molecule has 1 saturated heterocycles. The molecule has 6 nitrogen and oxygen atoms in total. The number of halogens is 1. The van der Waals surface area contributed by atoms with Crippen LogP contribution in [-0.2, 0) is 4.79 Å². The number of fused-ring (bicyclic) bond motifs is 1. The summed E-state index contributed by atoms with van der Waals surface area (Å²) < 4.78 is 10.7. The van der Waals surface area contributed by atoms with Crippen molar-refractivity contribution in [1.82, 2.24) is 4.90 Å². The zero-order chi connectivity index (χ0) is 19.7. The highest BCUT2D eigenvalue weighted by atomic mass is 35.5. The Morgan fingerprint density at radius 1 is 1.21 bits per heavy atom. The number of nitrogens with one attached hydrogen (secondary N) is 1. The lowest BCUT2D eigenvalue weighted by Gasteiger charge is -2.25. The van der Waals surface area contributed by atoms with Crippen LogP contribution in [0.3, 0.4) is 0 Å². The number of likely N-dealkylation sites (tertiary alicyclic amines) is 1. The first-order chi connectivity index (χ1) is 13.5. The number of rotatable bonds is 5. The van der Waals surface area contributed by atoms with Gasteiger partial charge in [-0.15, -0.1) is 0 Å². The maximum absolute atomic E-state index is 12.7. The maximum atomic E-state index is 12.7. The van der Waals surface area contributed by atoms with Crippen molar-refractivity contribution >= 4 is 29.0 Å². The fourth-order valence-corrected chi connectivity index (χ4v) is 4.09. The molecule has 1 unspecified atom stereocenters. The number of anilines is 1. The van der Waals surface area contributed by atoms with Crippen LogP contribution >= 0.6 is 11.6 Å². The van der Waals surface area contributed by atoms with Gasteiger partial charge < -0.3 is 14.8 Å². The Morgan fingerprint density at radius 2 is 1.96 bits per heavy atom. The molecule has 1 amide bonds. The van der Waals surface area contributed by atoms with Crippen molar-refractivity contribution in [3.8, 4) is 11.5 Å². The van der Waals surface area contributed by atoms with Crippen molar-refractivity contribution in [2.45, 2.75) is 25.8 Å². The van der Waals surface area contributed by atoms with E-state index in [4.69, 9.17) is 21.1 Å². The molecule has 4 rings (SSSR count). The Morgan fingerprint density at radius 3 is 2.71 bits per heavy atom. The van der Waals surface area contributed by atoms with E-state index >= 15 is 0 Å². The molecule has 1 N–H and O–H groups in total. The van der Waals surface area contributed by atoms with Gasteiger partial charge in [0.2, 0.25) is 12.7 Å². The maximum Gasteiger partial charge on any atom is 0.238 e. The Balaban J connectivity index is 1.50. The third-order valence-electron chi connectivity index (χ3n) is 5.14. The lowest BCUT2D eigenvalue weighted by atomic mass is 10.0. The Labute approximate surface area is 168 Å². The van der Waals surface area contributed by atoms with E-state index in [9.17, 15) is 9.59 Å². The van der Waals surface area contributed by atoms with Crippen LogP contribution < -0.4 is 14.8 Å². The molecule has 2 aromatic carbocycles. The van der Waals surface area contributed by atoms with Gasteiger partial charge >= 0.3 is 0 Å². The molecule has 28 heavy (non-hydrogen) atoms. The number of Topliss-reactive ketones (excluding diaryl/α,β-unsaturated/α-hetero) is 1. The largest absolute Gasteiger partial charge is 0.454 e. The first kappa shape index (κ1) is 18.8. The number of benzene rings is 2. The molecule has 0 bridgehead atoms. The number of carbonyl (C=O) groups is 2. The topological polar surface area (TPSA) is 67.9 Å². The van der Waals surface area contributed by atoms with Gasteiger partial charge in [-0.2, -0.15) is 0 Å². The highest BCUT2D eigenvalue weighted by Crippen LogP contribution is 2.38. The van der Waals surface area contributed by atoms with Crippen LogP contribution in [0.1, 0.15) is 41.7 Å². The van der Waals surface area contributed by atoms with Crippen LogP contribution in [0, 0.1) is 0 Å². The summed E-state index contributed by atoms with van der Waals surface area (Å²) in [5.41, 5.74) is 1.89. The van der Waals surface area contributed by atoms with E-state index in [2.05, 4.69) is 10.2 Å². The first-order valence-electron chi connectivity index (χ1n) is 9.26. The van der Waals surface area contributed by atoms with Crippen molar-refractivity contribution in [3.05, 3.63) is 52.5 Å². The monoisotopic (exact) mass is 400 g/mol. The van der Waals surface area contributed by atoms with E-state index in [1.807, 2.05) is 24.3 Å². The summed E-state index contributed by atoms with van der Waals surface area (Å²) in [6, 6.07) is 11.1. The summed E-state index contributed by atoms with van der Waals surface area (Å²) in [5, 5.41) is 3.58. The predicted octanol–water partition coefficient (Wildman–Crippen LogP) is 4.05. The highest BCUT2D eigenvalue weighted by molar-refractivity contribution is 6.31. The van der Waals surface area contributed by atoms with E-state index in [1.54, 1.807) is 12.1 Å². The first-order valence-corrected chi connectivity index (χ1v) is 9.63. The molecule has 0 aromatic heterocycles. The zero-order valence-corrected chi connectivity index (χ0v) is 16.3. The standard InChI is InChI=1S/C21H21ClN2O4/c1-13(25)15-9-19-20(28-12-27-19)10-17(15)23-21(26)11-24-8-4-7-18(24)14-5-2-3-6-16(14)22/h2-3,5-6,9-10,18H,4,7-8,11-12H2,1H3,(H,23,26). The summed E-state index contributed by atoms with van der Waals surface area (Å²) in [4.78, 5) is 26.9. The molecule has 1 atom stereocenters. The van der Waals surface area contributed by atoms with E-state index in [0.717, 1.165) is 30.0 Å². The van der Waals surface area contributed by atoms with Gasteiger partial charge in [-0.1, -0.05) is 29.8 Å². The molecule has 0 radical (unpaired) electrons. The van der Waals surface area contributed by atoms with Crippen LogP contribution in [0.5, 0.6) is 11.5 Å². The van der Waals surface area contributed by atoms with Crippen molar-refractivity contribution in [3.63, 3.8) is 0 Å². The highest BCUT2D eigenvalue weighted by Gasteiger charge is 2.29. The minimum absolute atomic E-state index is 0.109. The molecule has 2 aromatic rings. The fourth-order valence-electron chi connectivity index (χ4n) is 3.82. The molecule has 2 aliphatic rings. The van der Waals surface area contributed by atoms with E-state index in [-0.39, 0.29) is 31.1 Å². The molecule has 0 saturated carbocycles. The Kier molecular flexibility index (Phi) is 5.24. The normalized spacial score (nSPS) is 18.3. The molecule has 0 spiro atoms. The number of nitrogens with zero attached hydrogens (tertiary/aromatic N) is 1. The van der Waals surface area contributed by atoms with Gasteiger partial charge in [0.1, 0.15) is 0 Å². The van der Waals surface area contributed by atoms with Gasteiger partial charge in [0.25, 0.3) is 0 Å². The third-order valence-corrected chi connectivity index (χ3v) is 5.48. The minimum Gasteiger partial charge on any atom is -0.454 e. The average Bonchev–Trinajstić information content (AvgIpc) is 3.30. The number of ketones is 1. The van der Waals surface area contributed by atoms with Crippen molar-refractivity contribution < 1.29 is 19.1 Å². The van der Waals surface area contributed by atoms with E-state index < -0.39 is 0 Å². The molecular formula is C21H21ClN2O4. The summed E-state index contributed by atoms with van der Waals surface area (Å²) >= 11 is 6.36. The van der Waals surface area contributed by atoms with Crippen LogP contribution in [0.4, 0.5) is 5.69 Å². The van der Waals surface area contributed by atoms with Crippen LogP contribution in [0.25, 0.3) is 0 Å². The molecule has 1 fully saturated rings. The molecule has 2 heterocycles. The van der Waals surface area contributed by atoms with Gasteiger partial charge in [0.05, 0.1) is 12.2 Å². The SMILES string of the molecule is CC(=O)c1cc2c(cc1NC(=O)CN1CCCC1c1ccccc1Cl)OCO2. The van der Waals surface area contributed by atoms with Crippen molar-refractivity contribution in [2.24, 2.45) is 0 Å². The van der Waals surface area contributed by atoms with Gasteiger partial charge in [-0.05, 0) is 44.0 Å². The second-order valence-electron chi connectivity index (χ2n) is 7.01. The smallest absolute Gasteiger partial charge is 0.238 e. The predicted molar refractivity (Wildman–Crippen MR) is 106 cm³/mol. The molecule has 146 valence electrons.